The third kappa shape index (κ3) is 5.43. The topological polar surface area (TPSA) is 94.3 Å². The molecular formula is C20H16F3N3O4S. The van der Waals surface area contributed by atoms with Crippen LogP contribution in [-0.4, -0.2) is 34.7 Å². The van der Waals surface area contributed by atoms with Crippen LogP contribution in [0.1, 0.15) is 21.6 Å². The molecule has 0 saturated heterocycles. The number of nitrogens with zero attached hydrogens (tertiary/aromatic N) is 2. The number of benzene rings is 1. The molecule has 2 aromatic heterocycles. The third-order valence-corrected chi connectivity index (χ3v) is 4.69. The summed E-state index contributed by atoms with van der Waals surface area (Å²) in [7, 11) is 0. The maximum atomic E-state index is 12.8. The van der Waals surface area contributed by atoms with Gasteiger partial charge in [0.1, 0.15) is 10.6 Å². The Labute approximate surface area is 179 Å². The number of rotatable bonds is 6. The summed E-state index contributed by atoms with van der Waals surface area (Å²) in [6, 6.07) is 7.49. The smallest absolute Gasteiger partial charge is 0.416 e. The molecule has 2 heterocycles. The number of aromatic nitrogens is 2. The number of hydrogen-bond donors (Lipinski definition) is 1. The Morgan fingerprint density at radius 3 is 2.61 bits per heavy atom. The van der Waals surface area contributed by atoms with Crippen LogP contribution in [0.5, 0.6) is 0 Å². The molecular weight excluding hydrogens is 435 g/mol. The Kier molecular flexibility index (Phi) is 6.64. The van der Waals surface area contributed by atoms with Crippen molar-refractivity contribution in [1.29, 1.82) is 0 Å². The molecule has 0 atom stereocenters. The number of halogens is 3. The number of carbonyl (C=O) groups excluding carboxylic acids is 2. The van der Waals surface area contributed by atoms with Crippen LogP contribution in [0.25, 0.3) is 11.6 Å². The number of ether oxygens (including phenoxy) is 1. The van der Waals surface area contributed by atoms with Crippen LogP contribution in [0, 0.1) is 6.92 Å². The van der Waals surface area contributed by atoms with Gasteiger partial charge in [-0.05, 0) is 43.5 Å². The summed E-state index contributed by atoms with van der Waals surface area (Å²) in [5.74, 6) is -0.888. The van der Waals surface area contributed by atoms with Gasteiger partial charge in [0, 0.05) is 5.69 Å². The van der Waals surface area contributed by atoms with Crippen molar-refractivity contribution in [2.24, 2.45) is 0 Å². The van der Waals surface area contributed by atoms with Crippen LogP contribution in [0.3, 0.4) is 0 Å². The highest BCUT2D eigenvalue weighted by molar-refractivity contribution is 7.98. The molecule has 1 amide bonds. The Morgan fingerprint density at radius 1 is 1.19 bits per heavy atom. The van der Waals surface area contributed by atoms with Crippen molar-refractivity contribution in [2.75, 3.05) is 18.2 Å². The normalized spacial score (nSPS) is 11.3. The molecule has 11 heteroatoms. The Hall–Kier alpha value is -3.34. The molecule has 0 radical (unpaired) electrons. The van der Waals surface area contributed by atoms with Crippen LogP contribution in [0.15, 0.2) is 52.1 Å². The molecule has 7 nitrogen and oxygen atoms in total. The summed E-state index contributed by atoms with van der Waals surface area (Å²) in [5.41, 5.74) is -0.553. The van der Waals surface area contributed by atoms with Crippen LogP contribution >= 0.6 is 11.8 Å². The van der Waals surface area contributed by atoms with Gasteiger partial charge in [-0.3, -0.25) is 4.79 Å². The zero-order valence-corrected chi connectivity index (χ0v) is 17.1. The van der Waals surface area contributed by atoms with E-state index in [1.807, 2.05) is 0 Å². The Bertz CT molecular complexity index is 1100. The lowest BCUT2D eigenvalue weighted by Crippen LogP contribution is -2.22. The van der Waals surface area contributed by atoms with Gasteiger partial charge in [-0.1, -0.05) is 6.07 Å². The van der Waals surface area contributed by atoms with Gasteiger partial charge in [0.2, 0.25) is 0 Å². The standard InChI is InChI=1S/C20H16F3N3O4S/c1-11-16(18(31-2)26-17(24-11)14-7-4-8-29-14)19(28)30-10-15(27)25-13-6-3-5-12(9-13)20(21,22)23/h3-9H,10H2,1-2H3,(H,25,27). The lowest BCUT2D eigenvalue weighted by molar-refractivity contribution is -0.137. The summed E-state index contributed by atoms with van der Waals surface area (Å²) < 4.78 is 48.6. The second-order valence-corrected chi connectivity index (χ2v) is 6.99. The van der Waals surface area contributed by atoms with E-state index >= 15 is 0 Å². The lowest BCUT2D eigenvalue weighted by Gasteiger charge is -2.12. The second kappa shape index (κ2) is 9.21. The van der Waals surface area contributed by atoms with Crippen LogP contribution in [0.4, 0.5) is 18.9 Å². The van der Waals surface area contributed by atoms with E-state index in [4.69, 9.17) is 9.15 Å². The van der Waals surface area contributed by atoms with Gasteiger partial charge >= 0.3 is 12.1 Å². The fourth-order valence-corrected chi connectivity index (χ4v) is 3.23. The molecule has 0 unspecified atom stereocenters. The molecule has 0 aliphatic carbocycles. The van der Waals surface area contributed by atoms with E-state index < -0.39 is 30.2 Å². The quantitative estimate of drug-likeness (QED) is 0.333. The first-order chi connectivity index (χ1) is 14.7. The van der Waals surface area contributed by atoms with E-state index in [2.05, 4.69) is 15.3 Å². The average molecular weight is 451 g/mol. The van der Waals surface area contributed by atoms with E-state index in [-0.39, 0.29) is 11.3 Å². The number of anilines is 1. The SMILES string of the molecule is CSc1nc(-c2ccco2)nc(C)c1C(=O)OCC(=O)Nc1cccc(C(F)(F)F)c1. The summed E-state index contributed by atoms with van der Waals surface area (Å²) in [4.78, 5) is 33.1. The number of furan rings is 1. The third-order valence-electron chi connectivity index (χ3n) is 4.00. The highest BCUT2D eigenvalue weighted by atomic mass is 32.2. The van der Waals surface area contributed by atoms with Crippen LogP contribution in [0.2, 0.25) is 0 Å². The number of thioether (sulfide) groups is 1. The van der Waals surface area contributed by atoms with E-state index in [0.717, 1.165) is 18.2 Å². The molecule has 3 aromatic rings. The monoisotopic (exact) mass is 451 g/mol. The molecule has 162 valence electrons. The molecule has 0 aliphatic rings. The molecule has 31 heavy (non-hydrogen) atoms. The molecule has 0 saturated carbocycles. The predicted molar refractivity (Wildman–Crippen MR) is 107 cm³/mol. The fraction of sp³-hybridized carbons (Fsp3) is 0.200. The van der Waals surface area contributed by atoms with Crippen molar-refractivity contribution in [3.8, 4) is 11.6 Å². The number of nitrogens with one attached hydrogen (secondary N) is 1. The van der Waals surface area contributed by atoms with E-state index in [1.165, 1.54) is 24.1 Å². The average Bonchev–Trinajstić information content (AvgIpc) is 3.26. The number of alkyl halides is 3. The fourth-order valence-electron chi connectivity index (χ4n) is 2.62. The largest absolute Gasteiger partial charge is 0.461 e. The highest BCUT2D eigenvalue weighted by Gasteiger charge is 2.30. The van der Waals surface area contributed by atoms with Crippen molar-refractivity contribution in [1.82, 2.24) is 9.97 Å². The second-order valence-electron chi connectivity index (χ2n) is 6.20. The maximum absolute atomic E-state index is 12.8. The van der Waals surface area contributed by atoms with Gasteiger partial charge in [0.25, 0.3) is 5.91 Å². The number of amides is 1. The summed E-state index contributed by atoms with van der Waals surface area (Å²) in [6.45, 7) is 0.898. The predicted octanol–water partition coefficient (Wildman–Crippen LogP) is 4.58. The molecule has 0 aliphatic heterocycles. The van der Waals surface area contributed by atoms with Crippen molar-refractivity contribution in [2.45, 2.75) is 18.1 Å². The Balaban J connectivity index is 1.69. The summed E-state index contributed by atoms with van der Waals surface area (Å²) in [6.07, 6.45) is -1.36. The number of esters is 1. The van der Waals surface area contributed by atoms with Gasteiger partial charge in [-0.2, -0.15) is 13.2 Å². The van der Waals surface area contributed by atoms with Gasteiger partial charge in [-0.15, -0.1) is 11.8 Å². The van der Waals surface area contributed by atoms with Gasteiger partial charge in [-0.25, -0.2) is 14.8 Å². The van der Waals surface area contributed by atoms with Gasteiger partial charge in [0.05, 0.1) is 17.5 Å². The molecule has 0 bridgehead atoms. The molecule has 0 spiro atoms. The summed E-state index contributed by atoms with van der Waals surface area (Å²) >= 11 is 1.19. The van der Waals surface area contributed by atoms with Gasteiger partial charge in [0.15, 0.2) is 18.2 Å². The van der Waals surface area contributed by atoms with Crippen molar-refractivity contribution >= 4 is 29.3 Å². The van der Waals surface area contributed by atoms with Crippen molar-refractivity contribution in [3.05, 3.63) is 59.5 Å². The first kappa shape index (κ1) is 22.3. The van der Waals surface area contributed by atoms with E-state index in [9.17, 15) is 22.8 Å². The zero-order chi connectivity index (χ0) is 22.6. The molecule has 1 N–H and O–H groups in total. The highest BCUT2D eigenvalue weighted by Crippen LogP contribution is 2.30. The molecule has 1 aromatic carbocycles. The first-order valence-corrected chi connectivity index (χ1v) is 10.0. The number of carbonyl (C=O) groups is 2. The van der Waals surface area contributed by atoms with Crippen LogP contribution in [-0.2, 0) is 15.7 Å². The van der Waals surface area contributed by atoms with Crippen LogP contribution < -0.4 is 5.32 Å². The Morgan fingerprint density at radius 2 is 1.97 bits per heavy atom. The molecule has 3 rings (SSSR count). The zero-order valence-electron chi connectivity index (χ0n) is 16.3. The van der Waals surface area contributed by atoms with E-state index in [1.54, 1.807) is 25.3 Å². The lowest BCUT2D eigenvalue weighted by atomic mass is 10.2. The minimum Gasteiger partial charge on any atom is -0.461 e. The minimum atomic E-state index is -4.54. The van der Waals surface area contributed by atoms with Crippen molar-refractivity contribution < 1.29 is 31.9 Å². The number of aryl methyl sites for hydroxylation is 1. The number of hydrogen-bond acceptors (Lipinski definition) is 7. The first-order valence-electron chi connectivity index (χ1n) is 8.79. The molecule has 0 fully saturated rings. The van der Waals surface area contributed by atoms with Crippen molar-refractivity contribution in [3.63, 3.8) is 0 Å². The maximum Gasteiger partial charge on any atom is 0.416 e. The minimum absolute atomic E-state index is 0.0667. The van der Waals surface area contributed by atoms with Gasteiger partial charge < -0.3 is 14.5 Å². The van der Waals surface area contributed by atoms with E-state index in [0.29, 0.717) is 22.3 Å². The summed E-state index contributed by atoms with van der Waals surface area (Å²) in [5, 5.41) is 2.60.